The smallest absolute Gasteiger partial charge is 0.273 e. The Kier molecular flexibility index (Phi) is 6.85. The summed E-state index contributed by atoms with van der Waals surface area (Å²) in [5.74, 6) is -1.17. The fraction of sp³-hybridized carbons (Fsp3) is 0.222. The standard InChI is InChI=1S/C18H18FN3O6/c1-21(10-17(23)20-13-5-3-12(19)4-6-13)18(24)11-28-16-9-14(22(25)26)7-8-15(16)27-2/h3-9H,10-11H2,1-2H3,(H,20,23). The Morgan fingerprint density at radius 2 is 1.86 bits per heavy atom. The van der Waals surface area contributed by atoms with Gasteiger partial charge in [0.1, 0.15) is 5.82 Å². The number of amides is 2. The molecule has 0 bridgehead atoms. The van der Waals surface area contributed by atoms with Crippen LogP contribution in [-0.4, -0.2) is 48.9 Å². The van der Waals surface area contributed by atoms with Gasteiger partial charge in [0.25, 0.3) is 11.6 Å². The van der Waals surface area contributed by atoms with Gasteiger partial charge in [-0.3, -0.25) is 19.7 Å². The van der Waals surface area contributed by atoms with Crippen LogP contribution < -0.4 is 14.8 Å². The molecule has 0 spiro atoms. The molecule has 0 aliphatic rings. The van der Waals surface area contributed by atoms with E-state index in [1.165, 1.54) is 50.6 Å². The largest absolute Gasteiger partial charge is 0.493 e. The van der Waals surface area contributed by atoms with Crippen LogP contribution in [0.3, 0.4) is 0 Å². The average molecular weight is 391 g/mol. The van der Waals surface area contributed by atoms with Gasteiger partial charge in [0.05, 0.1) is 24.6 Å². The van der Waals surface area contributed by atoms with Crippen LogP contribution in [0.25, 0.3) is 0 Å². The van der Waals surface area contributed by atoms with Gasteiger partial charge < -0.3 is 19.7 Å². The lowest BCUT2D eigenvalue weighted by molar-refractivity contribution is -0.385. The number of non-ortho nitro benzene ring substituents is 1. The number of benzene rings is 2. The maximum absolute atomic E-state index is 12.9. The van der Waals surface area contributed by atoms with E-state index in [0.717, 1.165) is 11.0 Å². The van der Waals surface area contributed by atoms with Crippen LogP contribution in [0.4, 0.5) is 15.8 Å². The van der Waals surface area contributed by atoms with Crippen molar-refractivity contribution in [3.8, 4) is 11.5 Å². The second kappa shape index (κ2) is 9.31. The minimum Gasteiger partial charge on any atom is -0.493 e. The second-order valence-electron chi connectivity index (χ2n) is 5.69. The molecule has 2 aromatic carbocycles. The molecule has 28 heavy (non-hydrogen) atoms. The lowest BCUT2D eigenvalue weighted by Gasteiger charge is -2.17. The molecule has 1 N–H and O–H groups in total. The summed E-state index contributed by atoms with van der Waals surface area (Å²) in [5, 5.41) is 13.4. The third-order valence-corrected chi connectivity index (χ3v) is 3.64. The quantitative estimate of drug-likeness (QED) is 0.546. The van der Waals surface area contributed by atoms with Gasteiger partial charge in [-0.15, -0.1) is 0 Å². The highest BCUT2D eigenvalue weighted by Gasteiger charge is 2.17. The minimum atomic E-state index is -0.597. The molecule has 0 saturated carbocycles. The molecule has 10 heteroatoms. The summed E-state index contributed by atoms with van der Waals surface area (Å²) in [6, 6.07) is 8.94. The maximum Gasteiger partial charge on any atom is 0.273 e. The number of carbonyl (C=O) groups excluding carboxylic acids is 2. The van der Waals surface area contributed by atoms with Crippen LogP contribution in [0, 0.1) is 15.9 Å². The number of rotatable bonds is 8. The van der Waals surface area contributed by atoms with Crippen molar-refractivity contribution >= 4 is 23.2 Å². The molecule has 9 nitrogen and oxygen atoms in total. The van der Waals surface area contributed by atoms with Crippen molar-refractivity contribution in [2.45, 2.75) is 0 Å². The van der Waals surface area contributed by atoms with Gasteiger partial charge in [0.15, 0.2) is 18.1 Å². The summed E-state index contributed by atoms with van der Waals surface area (Å²) < 4.78 is 23.2. The van der Waals surface area contributed by atoms with Gasteiger partial charge in [-0.1, -0.05) is 0 Å². The van der Waals surface area contributed by atoms with Crippen molar-refractivity contribution in [3.05, 3.63) is 58.4 Å². The Morgan fingerprint density at radius 3 is 2.46 bits per heavy atom. The number of hydrogen-bond donors (Lipinski definition) is 1. The Hall–Kier alpha value is -3.69. The Bertz CT molecular complexity index is 872. The zero-order valence-electron chi connectivity index (χ0n) is 15.2. The molecule has 0 aliphatic heterocycles. The van der Waals surface area contributed by atoms with E-state index in [0.29, 0.717) is 5.69 Å². The summed E-state index contributed by atoms with van der Waals surface area (Å²) in [7, 11) is 2.77. The van der Waals surface area contributed by atoms with E-state index in [-0.39, 0.29) is 23.7 Å². The number of ether oxygens (including phenoxy) is 2. The fourth-order valence-corrected chi connectivity index (χ4v) is 2.18. The highest BCUT2D eigenvalue weighted by molar-refractivity contribution is 5.94. The van der Waals surface area contributed by atoms with Gasteiger partial charge in [0.2, 0.25) is 5.91 Å². The van der Waals surface area contributed by atoms with E-state index in [9.17, 15) is 24.1 Å². The molecule has 0 aliphatic carbocycles. The number of nitro groups is 1. The van der Waals surface area contributed by atoms with Crippen molar-refractivity contribution in [1.29, 1.82) is 0 Å². The second-order valence-corrected chi connectivity index (χ2v) is 5.69. The highest BCUT2D eigenvalue weighted by Crippen LogP contribution is 2.31. The van der Waals surface area contributed by atoms with Gasteiger partial charge >= 0.3 is 0 Å². The molecule has 0 unspecified atom stereocenters. The van der Waals surface area contributed by atoms with E-state index >= 15 is 0 Å². The summed E-state index contributed by atoms with van der Waals surface area (Å²) in [5.41, 5.74) is 0.181. The first-order chi connectivity index (χ1) is 13.3. The van der Waals surface area contributed by atoms with Crippen molar-refractivity contribution in [2.24, 2.45) is 0 Å². The van der Waals surface area contributed by atoms with Crippen LogP contribution in [-0.2, 0) is 9.59 Å². The molecule has 0 aromatic heterocycles. The molecule has 0 heterocycles. The van der Waals surface area contributed by atoms with Crippen LogP contribution in [0.5, 0.6) is 11.5 Å². The first-order valence-corrected chi connectivity index (χ1v) is 8.04. The number of nitrogens with zero attached hydrogens (tertiary/aromatic N) is 2. The number of methoxy groups -OCH3 is 1. The average Bonchev–Trinajstić information content (AvgIpc) is 2.67. The van der Waals surface area contributed by atoms with E-state index in [1.54, 1.807) is 0 Å². The van der Waals surface area contributed by atoms with Crippen LogP contribution in [0.15, 0.2) is 42.5 Å². The summed E-state index contributed by atoms with van der Waals surface area (Å²) in [6.07, 6.45) is 0. The van der Waals surface area contributed by atoms with Crippen molar-refractivity contribution in [3.63, 3.8) is 0 Å². The molecular formula is C18H18FN3O6. The van der Waals surface area contributed by atoms with E-state index < -0.39 is 29.2 Å². The first kappa shape index (κ1) is 20.6. The van der Waals surface area contributed by atoms with Gasteiger partial charge in [-0.05, 0) is 30.3 Å². The fourth-order valence-electron chi connectivity index (χ4n) is 2.18. The number of likely N-dealkylation sites (N-methyl/N-ethyl adjacent to an activating group) is 1. The van der Waals surface area contributed by atoms with Crippen LogP contribution in [0.2, 0.25) is 0 Å². The van der Waals surface area contributed by atoms with E-state index in [1.807, 2.05) is 0 Å². The minimum absolute atomic E-state index is 0.0363. The Morgan fingerprint density at radius 1 is 1.18 bits per heavy atom. The van der Waals surface area contributed by atoms with Crippen LogP contribution >= 0.6 is 0 Å². The molecular weight excluding hydrogens is 373 g/mol. The number of carbonyl (C=O) groups is 2. The number of anilines is 1. The number of nitrogens with one attached hydrogen (secondary N) is 1. The van der Waals surface area contributed by atoms with Gasteiger partial charge in [-0.25, -0.2) is 4.39 Å². The lowest BCUT2D eigenvalue weighted by Crippen LogP contribution is -2.37. The molecule has 2 aromatic rings. The van der Waals surface area contributed by atoms with Crippen molar-refractivity contribution < 1.29 is 28.4 Å². The predicted octanol–water partition coefficient (Wildman–Crippen LogP) is 2.22. The first-order valence-electron chi connectivity index (χ1n) is 8.04. The van der Waals surface area contributed by atoms with E-state index in [4.69, 9.17) is 9.47 Å². The lowest BCUT2D eigenvalue weighted by atomic mass is 10.3. The monoisotopic (exact) mass is 391 g/mol. The van der Waals surface area contributed by atoms with Gasteiger partial charge in [-0.2, -0.15) is 0 Å². The Balaban J connectivity index is 1.91. The highest BCUT2D eigenvalue weighted by atomic mass is 19.1. The van der Waals surface area contributed by atoms with Crippen LogP contribution in [0.1, 0.15) is 0 Å². The molecule has 0 saturated heterocycles. The van der Waals surface area contributed by atoms with Gasteiger partial charge in [0, 0.05) is 18.8 Å². The molecule has 148 valence electrons. The Labute approximate surface area is 159 Å². The van der Waals surface area contributed by atoms with Crippen molar-refractivity contribution in [1.82, 2.24) is 4.90 Å². The number of hydrogen-bond acceptors (Lipinski definition) is 6. The normalized spacial score (nSPS) is 10.1. The summed E-state index contributed by atoms with van der Waals surface area (Å²) >= 11 is 0. The molecule has 0 radical (unpaired) electrons. The molecule has 0 fully saturated rings. The predicted molar refractivity (Wildman–Crippen MR) is 97.8 cm³/mol. The van der Waals surface area contributed by atoms with Crippen molar-refractivity contribution in [2.75, 3.05) is 32.6 Å². The zero-order chi connectivity index (χ0) is 20.7. The summed E-state index contributed by atoms with van der Waals surface area (Å²) in [6.45, 7) is -0.705. The SMILES string of the molecule is COc1ccc([N+](=O)[O-])cc1OCC(=O)N(C)CC(=O)Nc1ccc(F)cc1. The summed E-state index contributed by atoms with van der Waals surface area (Å²) in [4.78, 5) is 35.5. The molecule has 0 atom stereocenters. The molecule has 2 rings (SSSR count). The maximum atomic E-state index is 12.9. The zero-order valence-corrected chi connectivity index (χ0v) is 15.2. The number of nitro benzene ring substituents is 1. The third kappa shape index (κ3) is 5.66. The molecule has 2 amide bonds. The van der Waals surface area contributed by atoms with E-state index in [2.05, 4.69) is 5.32 Å². The number of halogens is 1. The topological polar surface area (TPSA) is 111 Å². The third-order valence-electron chi connectivity index (χ3n) is 3.64.